The van der Waals surface area contributed by atoms with E-state index in [1.165, 1.54) is 10.9 Å². The number of aromatic nitrogens is 1. The molecule has 0 radical (unpaired) electrons. The summed E-state index contributed by atoms with van der Waals surface area (Å²) in [5.74, 6) is 0.0807. The Morgan fingerprint density at radius 1 is 1.40 bits per heavy atom. The predicted octanol–water partition coefficient (Wildman–Crippen LogP) is 2.38. The third kappa shape index (κ3) is 4.54. The summed E-state index contributed by atoms with van der Waals surface area (Å²) in [5.41, 5.74) is 8.00. The maximum Gasteiger partial charge on any atom is 0.220 e. The van der Waals surface area contributed by atoms with E-state index in [0.717, 1.165) is 18.4 Å². The molecule has 1 atom stereocenters. The number of rotatable bonds is 6. The number of carbonyl (C=O) groups is 1. The molecule has 1 heterocycles. The van der Waals surface area contributed by atoms with Gasteiger partial charge in [-0.15, -0.1) is 12.4 Å². The molecule has 110 valence electrons. The van der Waals surface area contributed by atoms with E-state index < -0.39 is 0 Å². The van der Waals surface area contributed by atoms with Crippen LogP contribution in [0.5, 0.6) is 0 Å². The average Bonchev–Trinajstić information content (AvgIpc) is 2.80. The Balaban J connectivity index is 0.00000200. The van der Waals surface area contributed by atoms with Crippen molar-refractivity contribution in [2.75, 3.05) is 6.54 Å². The minimum absolute atomic E-state index is 0. The van der Waals surface area contributed by atoms with E-state index in [2.05, 4.69) is 22.4 Å². The number of halogens is 1. The van der Waals surface area contributed by atoms with Crippen LogP contribution >= 0.6 is 12.4 Å². The molecule has 0 aliphatic carbocycles. The molecule has 1 aromatic carbocycles. The normalized spacial score (nSPS) is 11.9. The van der Waals surface area contributed by atoms with Gasteiger partial charge in [0.1, 0.15) is 0 Å². The van der Waals surface area contributed by atoms with Crippen molar-refractivity contribution in [1.82, 2.24) is 10.3 Å². The van der Waals surface area contributed by atoms with Crippen LogP contribution in [0.1, 0.15) is 25.3 Å². The largest absolute Gasteiger partial charge is 0.361 e. The minimum atomic E-state index is 0. The molecule has 0 spiro atoms. The fourth-order valence-electron chi connectivity index (χ4n) is 2.12. The van der Waals surface area contributed by atoms with Gasteiger partial charge in [0.25, 0.3) is 0 Å². The monoisotopic (exact) mass is 295 g/mol. The van der Waals surface area contributed by atoms with Gasteiger partial charge in [-0.1, -0.05) is 18.2 Å². The number of nitrogens with two attached hydrogens (primary N) is 1. The van der Waals surface area contributed by atoms with Gasteiger partial charge in [-0.3, -0.25) is 4.79 Å². The second-order valence-corrected chi connectivity index (χ2v) is 4.98. The first kappa shape index (κ1) is 16.5. The highest BCUT2D eigenvalue weighted by atomic mass is 35.5. The Morgan fingerprint density at radius 2 is 2.15 bits per heavy atom. The summed E-state index contributed by atoms with van der Waals surface area (Å²) < 4.78 is 0. The second-order valence-electron chi connectivity index (χ2n) is 4.98. The molecule has 1 aromatic heterocycles. The van der Waals surface area contributed by atoms with Gasteiger partial charge in [0.2, 0.25) is 5.91 Å². The van der Waals surface area contributed by atoms with Crippen molar-refractivity contribution in [3.8, 4) is 0 Å². The molecular formula is C15H22ClN3O. The van der Waals surface area contributed by atoms with Gasteiger partial charge in [0, 0.05) is 36.1 Å². The summed E-state index contributed by atoms with van der Waals surface area (Å²) in [5, 5.41) is 4.16. The highest BCUT2D eigenvalue weighted by Gasteiger charge is 2.05. The summed E-state index contributed by atoms with van der Waals surface area (Å²) in [7, 11) is 0. The predicted molar refractivity (Wildman–Crippen MR) is 85.1 cm³/mol. The van der Waals surface area contributed by atoms with Crippen molar-refractivity contribution in [2.24, 2.45) is 5.73 Å². The Kier molecular flexibility index (Phi) is 6.55. The van der Waals surface area contributed by atoms with Gasteiger partial charge in [0.15, 0.2) is 0 Å². The van der Waals surface area contributed by atoms with Gasteiger partial charge in [-0.25, -0.2) is 0 Å². The number of nitrogens with one attached hydrogen (secondary N) is 2. The molecule has 0 fully saturated rings. The lowest BCUT2D eigenvalue weighted by atomic mass is 10.1. The first-order chi connectivity index (χ1) is 9.16. The van der Waals surface area contributed by atoms with Crippen molar-refractivity contribution < 1.29 is 4.79 Å². The Bertz CT molecular complexity index is 551. The zero-order valence-electron chi connectivity index (χ0n) is 11.7. The lowest BCUT2D eigenvalue weighted by Crippen LogP contribution is -2.27. The van der Waals surface area contributed by atoms with E-state index in [4.69, 9.17) is 5.73 Å². The van der Waals surface area contributed by atoms with Crippen molar-refractivity contribution in [1.29, 1.82) is 0 Å². The zero-order valence-corrected chi connectivity index (χ0v) is 12.5. The molecule has 0 aliphatic heterocycles. The Hall–Kier alpha value is -1.52. The van der Waals surface area contributed by atoms with Gasteiger partial charge >= 0.3 is 0 Å². The summed E-state index contributed by atoms with van der Waals surface area (Å²) >= 11 is 0. The standard InChI is InChI=1S/C15H21N3O.ClH/c1-11(16)6-7-15(19)17-9-8-12-10-18-14-5-3-2-4-13(12)14;/h2-5,10-11,18H,6-9,16H2,1H3,(H,17,19);1H. The quantitative estimate of drug-likeness (QED) is 0.766. The maximum absolute atomic E-state index is 11.6. The number of benzene rings is 1. The third-order valence-electron chi connectivity index (χ3n) is 3.22. The van der Waals surface area contributed by atoms with Crippen LogP contribution in [0.25, 0.3) is 10.9 Å². The molecule has 20 heavy (non-hydrogen) atoms. The van der Waals surface area contributed by atoms with E-state index in [-0.39, 0.29) is 24.4 Å². The SMILES string of the molecule is CC(N)CCC(=O)NCCc1c[nH]c2ccccc12.Cl. The van der Waals surface area contributed by atoms with Crippen LogP contribution in [0.4, 0.5) is 0 Å². The average molecular weight is 296 g/mol. The first-order valence-electron chi connectivity index (χ1n) is 6.74. The molecule has 0 bridgehead atoms. The maximum atomic E-state index is 11.6. The number of aromatic amines is 1. The van der Waals surface area contributed by atoms with E-state index in [0.29, 0.717) is 13.0 Å². The fraction of sp³-hybridized carbons (Fsp3) is 0.400. The van der Waals surface area contributed by atoms with Crippen LogP contribution < -0.4 is 11.1 Å². The summed E-state index contributed by atoms with van der Waals surface area (Å²) in [6, 6.07) is 8.28. The van der Waals surface area contributed by atoms with Crippen LogP contribution in [0.15, 0.2) is 30.5 Å². The highest BCUT2D eigenvalue weighted by Crippen LogP contribution is 2.17. The smallest absolute Gasteiger partial charge is 0.220 e. The number of fused-ring (bicyclic) bond motifs is 1. The highest BCUT2D eigenvalue weighted by molar-refractivity contribution is 5.85. The molecule has 1 unspecified atom stereocenters. The van der Waals surface area contributed by atoms with Crippen LogP contribution in [0.3, 0.4) is 0 Å². The number of para-hydroxylation sites is 1. The molecule has 5 heteroatoms. The van der Waals surface area contributed by atoms with Gasteiger partial charge in [0.05, 0.1) is 0 Å². The number of carbonyl (C=O) groups excluding carboxylic acids is 1. The van der Waals surface area contributed by atoms with Crippen LogP contribution in [0, 0.1) is 0 Å². The van der Waals surface area contributed by atoms with Crippen molar-refractivity contribution >= 4 is 29.2 Å². The lowest BCUT2D eigenvalue weighted by Gasteiger charge is -2.06. The third-order valence-corrected chi connectivity index (χ3v) is 3.22. The minimum Gasteiger partial charge on any atom is -0.361 e. The number of amides is 1. The van der Waals surface area contributed by atoms with Crippen molar-refractivity contribution in [2.45, 2.75) is 32.2 Å². The first-order valence-corrected chi connectivity index (χ1v) is 6.74. The summed E-state index contributed by atoms with van der Waals surface area (Å²) in [6.45, 7) is 2.58. The number of hydrogen-bond donors (Lipinski definition) is 3. The van der Waals surface area contributed by atoms with Crippen molar-refractivity contribution in [3.05, 3.63) is 36.0 Å². The van der Waals surface area contributed by atoms with Gasteiger partial charge in [-0.05, 0) is 31.4 Å². The summed E-state index contributed by atoms with van der Waals surface area (Å²) in [6.07, 6.45) is 4.09. The summed E-state index contributed by atoms with van der Waals surface area (Å²) in [4.78, 5) is 14.8. The van der Waals surface area contributed by atoms with Gasteiger partial charge in [-0.2, -0.15) is 0 Å². The molecule has 4 nitrogen and oxygen atoms in total. The number of hydrogen-bond acceptors (Lipinski definition) is 2. The van der Waals surface area contributed by atoms with Crippen LogP contribution in [-0.2, 0) is 11.2 Å². The topological polar surface area (TPSA) is 70.9 Å². The molecular weight excluding hydrogens is 274 g/mol. The van der Waals surface area contributed by atoms with Gasteiger partial charge < -0.3 is 16.0 Å². The zero-order chi connectivity index (χ0) is 13.7. The molecule has 4 N–H and O–H groups in total. The van der Waals surface area contributed by atoms with E-state index >= 15 is 0 Å². The van der Waals surface area contributed by atoms with Crippen molar-refractivity contribution in [3.63, 3.8) is 0 Å². The van der Waals surface area contributed by atoms with E-state index in [1.54, 1.807) is 0 Å². The molecule has 1 amide bonds. The molecule has 2 rings (SSSR count). The van der Waals surface area contributed by atoms with Crippen LogP contribution in [-0.4, -0.2) is 23.5 Å². The second kappa shape index (κ2) is 7.92. The van der Waals surface area contributed by atoms with E-state index in [9.17, 15) is 4.79 Å². The van der Waals surface area contributed by atoms with E-state index in [1.807, 2.05) is 25.3 Å². The Morgan fingerprint density at radius 3 is 2.90 bits per heavy atom. The Labute approximate surface area is 125 Å². The number of H-pyrrole nitrogens is 1. The lowest BCUT2D eigenvalue weighted by molar-refractivity contribution is -0.121. The molecule has 0 saturated heterocycles. The molecule has 0 aliphatic rings. The molecule has 0 saturated carbocycles. The fourth-order valence-corrected chi connectivity index (χ4v) is 2.12. The molecule has 2 aromatic rings. The van der Waals surface area contributed by atoms with Crippen LogP contribution in [0.2, 0.25) is 0 Å².